The Balaban J connectivity index is 2.38. The fourth-order valence-electron chi connectivity index (χ4n) is 1.98. The molecule has 96 valence electrons. The van der Waals surface area contributed by atoms with E-state index in [1.54, 1.807) is 0 Å². The van der Waals surface area contributed by atoms with Gasteiger partial charge in [-0.15, -0.1) is 0 Å². The summed E-state index contributed by atoms with van der Waals surface area (Å²) in [6.45, 7) is 7.84. The molecule has 2 nitrogen and oxygen atoms in total. The van der Waals surface area contributed by atoms with Crippen molar-refractivity contribution in [2.75, 3.05) is 13.2 Å². The lowest BCUT2D eigenvalue weighted by atomic mass is 10.0. The highest BCUT2D eigenvalue weighted by Crippen LogP contribution is 2.15. The molecule has 0 aliphatic heterocycles. The molecule has 0 heterocycles. The van der Waals surface area contributed by atoms with Crippen LogP contribution in [0.5, 0.6) is 0 Å². The summed E-state index contributed by atoms with van der Waals surface area (Å²) in [5, 5.41) is 0. The Hall–Kier alpha value is -0.860. The van der Waals surface area contributed by atoms with E-state index >= 15 is 0 Å². The van der Waals surface area contributed by atoms with Gasteiger partial charge in [-0.1, -0.05) is 49.1 Å². The molecule has 2 N–H and O–H groups in total. The van der Waals surface area contributed by atoms with Crippen LogP contribution in [0.4, 0.5) is 0 Å². The van der Waals surface area contributed by atoms with Crippen molar-refractivity contribution in [3.63, 3.8) is 0 Å². The molecule has 0 bridgehead atoms. The van der Waals surface area contributed by atoms with E-state index in [0.717, 1.165) is 13.0 Å². The molecule has 1 unspecified atom stereocenters. The topological polar surface area (TPSA) is 35.2 Å². The maximum atomic E-state index is 6.12. The number of rotatable bonds is 7. The fourth-order valence-corrected chi connectivity index (χ4v) is 1.98. The highest BCUT2D eigenvalue weighted by Gasteiger charge is 2.06. The normalized spacial score (nSPS) is 12.7. The van der Waals surface area contributed by atoms with Gasteiger partial charge in [0.25, 0.3) is 0 Å². The molecule has 0 spiro atoms. The van der Waals surface area contributed by atoms with Crippen LogP contribution in [0.1, 0.15) is 48.9 Å². The summed E-state index contributed by atoms with van der Waals surface area (Å²) in [4.78, 5) is 0. The maximum Gasteiger partial charge on any atom is 0.0659 e. The SMILES string of the molecule is CCCCCOCC(N)c1cc(C)cc(C)c1. The van der Waals surface area contributed by atoms with Crippen LogP contribution in [0.25, 0.3) is 0 Å². The minimum Gasteiger partial charge on any atom is -0.379 e. The van der Waals surface area contributed by atoms with E-state index in [9.17, 15) is 0 Å². The first-order chi connectivity index (χ1) is 8.13. The molecular weight excluding hydrogens is 210 g/mol. The molecule has 0 aliphatic carbocycles. The third-order valence-corrected chi connectivity index (χ3v) is 2.86. The van der Waals surface area contributed by atoms with Gasteiger partial charge in [-0.25, -0.2) is 0 Å². The van der Waals surface area contributed by atoms with Gasteiger partial charge in [0.15, 0.2) is 0 Å². The van der Waals surface area contributed by atoms with E-state index in [2.05, 4.69) is 39.0 Å². The van der Waals surface area contributed by atoms with Crippen LogP contribution in [0.2, 0.25) is 0 Å². The molecule has 0 aromatic heterocycles. The molecule has 0 saturated carbocycles. The largest absolute Gasteiger partial charge is 0.379 e. The van der Waals surface area contributed by atoms with Crippen LogP contribution < -0.4 is 5.73 Å². The van der Waals surface area contributed by atoms with E-state index in [4.69, 9.17) is 10.5 Å². The second-order valence-corrected chi connectivity index (χ2v) is 4.81. The van der Waals surface area contributed by atoms with Gasteiger partial charge < -0.3 is 10.5 Å². The Morgan fingerprint density at radius 2 is 1.76 bits per heavy atom. The summed E-state index contributed by atoms with van der Waals surface area (Å²) >= 11 is 0. The summed E-state index contributed by atoms with van der Waals surface area (Å²) in [5.74, 6) is 0. The number of benzene rings is 1. The lowest BCUT2D eigenvalue weighted by molar-refractivity contribution is 0.117. The second-order valence-electron chi connectivity index (χ2n) is 4.81. The predicted molar refractivity (Wildman–Crippen MR) is 73.2 cm³/mol. The number of hydrogen-bond donors (Lipinski definition) is 1. The standard InChI is InChI=1S/C15H25NO/c1-4-5-6-7-17-11-15(16)14-9-12(2)8-13(3)10-14/h8-10,15H,4-7,11,16H2,1-3H3. The zero-order chi connectivity index (χ0) is 12.7. The van der Waals surface area contributed by atoms with Crippen LogP contribution in [0.15, 0.2) is 18.2 Å². The second kappa shape index (κ2) is 7.46. The van der Waals surface area contributed by atoms with Gasteiger partial charge in [0.2, 0.25) is 0 Å². The number of ether oxygens (including phenoxy) is 1. The third kappa shape index (κ3) is 5.33. The van der Waals surface area contributed by atoms with E-state index in [1.165, 1.54) is 29.5 Å². The lowest BCUT2D eigenvalue weighted by Crippen LogP contribution is -2.17. The van der Waals surface area contributed by atoms with Crippen LogP contribution in [-0.4, -0.2) is 13.2 Å². The Morgan fingerprint density at radius 3 is 2.35 bits per heavy atom. The van der Waals surface area contributed by atoms with E-state index in [1.807, 2.05) is 0 Å². The van der Waals surface area contributed by atoms with Crippen molar-refractivity contribution >= 4 is 0 Å². The van der Waals surface area contributed by atoms with Gasteiger partial charge in [-0.05, 0) is 25.8 Å². The highest BCUT2D eigenvalue weighted by molar-refractivity contribution is 5.30. The van der Waals surface area contributed by atoms with Gasteiger partial charge in [0.1, 0.15) is 0 Å². The third-order valence-electron chi connectivity index (χ3n) is 2.86. The summed E-state index contributed by atoms with van der Waals surface area (Å²) < 4.78 is 5.61. The van der Waals surface area contributed by atoms with Crippen molar-refractivity contribution in [3.05, 3.63) is 34.9 Å². The lowest BCUT2D eigenvalue weighted by Gasteiger charge is -2.14. The first kappa shape index (κ1) is 14.2. The molecule has 1 rings (SSSR count). The van der Waals surface area contributed by atoms with Crippen molar-refractivity contribution in [3.8, 4) is 0 Å². The molecule has 0 aliphatic rings. The fraction of sp³-hybridized carbons (Fsp3) is 0.600. The number of hydrogen-bond acceptors (Lipinski definition) is 2. The Bertz CT molecular complexity index is 315. The van der Waals surface area contributed by atoms with Gasteiger partial charge in [0, 0.05) is 6.61 Å². The molecule has 1 aromatic carbocycles. The monoisotopic (exact) mass is 235 g/mol. The first-order valence-corrected chi connectivity index (χ1v) is 6.55. The quantitative estimate of drug-likeness (QED) is 0.734. The van der Waals surface area contributed by atoms with Crippen molar-refractivity contribution < 1.29 is 4.74 Å². The maximum absolute atomic E-state index is 6.12. The van der Waals surface area contributed by atoms with Gasteiger partial charge >= 0.3 is 0 Å². The van der Waals surface area contributed by atoms with Crippen molar-refractivity contribution in [1.29, 1.82) is 0 Å². The molecular formula is C15H25NO. The molecule has 2 heteroatoms. The number of unbranched alkanes of at least 4 members (excludes halogenated alkanes) is 2. The molecule has 0 radical (unpaired) electrons. The molecule has 0 amide bonds. The van der Waals surface area contributed by atoms with Gasteiger partial charge in [0.05, 0.1) is 12.6 Å². The Kier molecular flexibility index (Phi) is 6.23. The zero-order valence-corrected chi connectivity index (χ0v) is 11.3. The zero-order valence-electron chi connectivity index (χ0n) is 11.3. The van der Waals surface area contributed by atoms with E-state index in [0.29, 0.717) is 6.61 Å². The van der Waals surface area contributed by atoms with Crippen molar-refractivity contribution in [2.45, 2.75) is 46.1 Å². The van der Waals surface area contributed by atoms with Crippen molar-refractivity contribution in [1.82, 2.24) is 0 Å². The molecule has 1 atom stereocenters. The van der Waals surface area contributed by atoms with Crippen LogP contribution in [-0.2, 0) is 4.74 Å². The van der Waals surface area contributed by atoms with Gasteiger partial charge in [-0.3, -0.25) is 0 Å². The summed E-state index contributed by atoms with van der Waals surface area (Å²) in [5.41, 5.74) is 9.83. The number of aryl methyl sites for hydroxylation is 2. The smallest absolute Gasteiger partial charge is 0.0659 e. The molecule has 0 saturated heterocycles. The average molecular weight is 235 g/mol. The van der Waals surface area contributed by atoms with Crippen molar-refractivity contribution in [2.24, 2.45) is 5.73 Å². The predicted octanol–water partition coefficient (Wildman–Crippen LogP) is 3.51. The summed E-state index contributed by atoms with van der Waals surface area (Å²) in [7, 11) is 0. The van der Waals surface area contributed by atoms with Crippen LogP contribution in [0.3, 0.4) is 0 Å². The molecule has 1 aromatic rings. The molecule has 17 heavy (non-hydrogen) atoms. The molecule has 0 fully saturated rings. The highest BCUT2D eigenvalue weighted by atomic mass is 16.5. The first-order valence-electron chi connectivity index (χ1n) is 6.55. The number of nitrogens with two attached hydrogens (primary N) is 1. The average Bonchev–Trinajstić information content (AvgIpc) is 2.27. The Labute approximate surface area is 105 Å². The van der Waals surface area contributed by atoms with Gasteiger partial charge in [-0.2, -0.15) is 0 Å². The minimum absolute atomic E-state index is 0.00442. The Morgan fingerprint density at radius 1 is 1.12 bits per heavy atom. The van der Waals surface area contributed by atoms with Crippen LogP contribution >= 0.6 is 0 Å². The van der Waals surface area contributed by atoms with E-state index < -0.39 is 0 Å². The van der Waals surface area contributed by atoms with E-state index in [-0.39, 0.29) is 6.04 Å². The summed E-state index contributed by atoms with van der Waals surface area (Å²) in [6, 6.07) is 6.45. The van der Waals surface area contributed by atoms with Crippen LogP contribution in [0, 0.1) is 13.8 Å². The summed E-state index contributed by atoms with van der Waals surface area (Å²) in [6.07, 6.45) is 3.60. The minimum atomic E-state index is -0.00442.